The molecule has 0 spiro atoms. The van der Waals surface area contributed by atoms with Gasteiger partial charge in [-0.25, -0.2) is 13.2 Å². The Hall–Kier alpha value is -1.97. The summed E-state index contributed by atoms with van der Waals surface area (Å²) in [5.41, 5.74) is 0.205. The summed E-state index contributed by atoms with van der Waals surface area (Å²) in [6.45, 7) is 5.39. The molecule has 9 heteroatoms. The van der Waals surface area contributed by atoms with Crippen molar-refractivity contribution >= 4 is 21.9 Å². The molecule has 0 aliphatic carbocycles. The van der Waals surface area contributed by atoms with E-state index in [0.29, 0.717) is 26.2 Å². The van der Waals surface area contributed by atoms with E-state index in [2.05, 4.69) is 0 Å². The van der Waals surface area contributed by atoms with Crippen LogP contribution in [-0.4, -0.2) is 74.5 Å². The Bertz CT molecular complexity index is 807. The molecule has 0 N–H and O–H groups in total. The summed E-state index contributed by atoms with van der Waals surface area (Å²) in [5, 5.41) is 0. The second kappa shape index (κ2) is 8.59. The lowest BCUT2D eigenvalue weighted by molar-refractivity contribution is -0.146. The number of nitrogens with zero attached hydrogens (tertiary/aromatic N) is 2. The van der Waals surface area contributed by atoms with Gasteiger partial charge in [0.25, 0.3) is 5.91 Å². The van der Waals surface area contributed by atoms with Crippen molar-refractivity contribution < 1.29 is 27.5 Å². The number of ether oxygens (including phenoxy) is 2. The highest BCUT2D eigenvalue weighted by Crippen LogP contribution is 2.21. The highest BCUT2D eigenvalue weighted by Gasteiger charge is 2.28. The molecule has 1 amide bonds. The van der Waals surface area contributed by atoms with E-state index in [9.17, 15) is 18.0 Å². The van der Waals surface area contributed by atoms with Gasteiger partial charge in [0.1, 0.15) is 0 Å². The van der Waals surface area contributed by atoms with Gasteiger partial charge >= 0.3 is 5.97 Å². The molecule has 2 aliphatic heterocycles. The van der Waals surface area contributed by atoms with Gasteiger partial charge in [0.2, 0.25) is 10.0 Å². The van der Waals surface area contributed by atoms with Crippen LogP contribution >= 0.6 is 0 Å². The van der Waals surface area contributed by atoms with Crippen molar-refractivity contribution in [3.05, 3.63) is 29.8 Å². The number of rotatable bonds is 5. The lowest BCUT2D eigenvalue weighted by Crippen LogP contribution is -2.49. The van der Waals surface area contributed by atoms with Crippen LogP contribution in [0.3, 0.4) is 0 Å². The third-order valence-electron chi connectivity index (χ3n) is 4.89. The molecule has 2 fully saturated rings. The smallest absolute Gasteiger partial charge is 0.338 e. The van der Waals surface area contributed by atoms with Gasteiger partial charge in [0.05, 0.1) is 22.7 Å². The first-order valence-electron chi connectivity index (χ1n) is 9.48. The van der Waals surface area contributed by atoms with Crippen molar-refractivity contribution in [1.29, 1.82) is 0 Å². The number of sulfonamides is 1. The fourth-order valence-electron chi connectivity index (χ4n) is 3.52. The Morgan fingerprint density at radius 1 is 1.07 bits per heavy atom. The minimum atomic E-state index is -3.52. The monoisotopic (exact) mass is 410 g/mol. The first kappa shape index (κ1) is 20.8. The maximum atomic E-state index is 12.5. The summed E-state index contributed by atoms with van der Waals surface area (Å²) in [7, 11) is -3.52. The van der Waals surface area contributed by atoms with Crippen molar-refractivity contribution in [3.63, 3.8) is 0 Å². The lowest BCUT2D eigenvalue weighted by Gasteiger charge is -2.35. The zero-order valence-corrected chi connectivity index (χ0v) is 17.0. The molecule has 2 aliphatic rings. The normalized spacial score (nSPS) is 23.6. The number of carbonyl (C=O) groups is 2. The van der Waals surface area contributed by atoms with Crippen LogP contribution in [0.15, 0.2) is 29.2 Å². The van der Waals surface area contributed by atoms with Gasteiger partial charge < -0.3 is 14.4 Å². The Morgan fingerprint density at radius 3 is 2.21 bits per heavy atom. The van der Waals surface area contributed by atoms with E-state index in [4.69, 9.17) is 9.47 Å². The molecule has 2 atom stereocenters. The van der Waals surface area contributed by atoms with Crippen LogP contribution in [0.1, 0.15) is 37.0 Å². The summed E-state index contributed by atoms with van der Waals surface area (Å²) < 4.78 is 37.2. The van der Waals surface area contributed by atoms with Crippen molar-refractivity contribution in [1.82, 2.24) is 9.21 Å². The number of benzene rings is 1. The molecular formula is C19H26N2O6S. The van der Waals surface area contributed by atoms with Crippen LogP contribution in [0.25, 0.3) is 0 Å². The summed E-state index contributed by atoms with van der Waals surface area (Å²) in [5.74, 6) is -0.934. The fraction of sp³-hybridized carbons (Fsp3) is 0.579. The van der Waals surface area contributed by atoms with Crippen molar-refractivity contribution in [2.24, 2.45) is 0 Å². The first-order valence-corrected chi connectivity index (χ1v) is 10.9. The van der Waals surface area contributed by atoms with E-state index in [0.717, 1.165) is 12.8 Å². The maximum absolute atomic E-state index is 12.5. The number of amides is 1. The quantitative estimate of drug-likeness (QED) is 0.679. The van der Waals surface area contributed by atoms with E-state index >= 15 is 0 Å². The highest BCUT2D eigenvalue weighted by atomic mass is 32.2. The summed E-state index contributed by atoms with van der Waals surface area (Å²) >= 11 is 0. The molecular weight excluding hydrogens is 384 g/mol. The lowest BCUT2D eigenvalue weighted by atomic mass is 10.2. The Balaban J connectivity index is 1.57. The first-order chi connectivity index (χ1) is 13.3. The van der Waals surface area contributed by atoms with Gasteiger partial charge in [0.15, 0.2) is 6.61 Å². The number of hydrogen-bond acceptors (Lipinski definition) is 6. The van der Waals surface area contributed by atoms with Gasteiger partial charge in [-0.05, 0) is 51.0 Å². The summed E-state index contributed by atoms with van der Waals surface area (Å²) in [6.07, 6.45) is 1.60. The second-order valence-corrected chi connectivity index (χ2v) is 9.21. The summed E-state index contributed by atoms with van der Waals surface area (Å²) in [4.78, 5) is 26.2. The zero-order chi connectivity index (χ0) is 20.3. The molecule has 8 nitrogen and oxygen atoms in total. The molecule has 28 heavy (non-hydrogen) atoms. The second-order valence-electron chi connectivity index (χ2n) is 7.27. The van der Waals surface area contributed by atoms with E-state index in [1.54, 1.807) is 4.90 Å². The SMILES string of the molecule is C[C@@H]1CN(C(=O)COC(=O)c2ccc(S(=O)(=O)N3CCCC3)cc2)C[C@H](C)O1. The molecule has 0 radical (unpaired) electrons. The predicted octanol–water partition coefficient (Wildman–Crippen LogP) is 1.26. The molecule has 1 aromatic carbocycles. The number of esters is 1. The molecule has 0 unspecified atom stereocenters. The third kappa shape index (κ3) is 4.71. The fourth-order valence-corrected chi connectivity index (χ4v) is 5.04. The van der Waals surface area contributed by atoms with Crippen LogP contribution in [0, 0.1) is 0 Å². The molecule has 2 heterocycles. The predicted molar refractivity (Wildman–Crippen MR) is 101 cm³/mol. The van der Waals surface area contributed by atoms with E-state index in [1.165, 1.54) is 28.6 Å². The third-order valence-corrected chi connectivity index (χ3v) is 6.80. The molecule has 3 rings (SSSR count). The average Bonchev–Trinajstić information content (AvgIpc) is 3.21. The Kier molecular flexibility index (Phi) is 6.36. The average molecular weight is 410 g/mol. The van der Waals surface area contributed by atoms with Gasteiger partial charge in [-0.15, -0.1) is 0 Å². The summed E-state index contributed by atoms with van der Waals surface area (Å²) in [6, 6.07) is 5.62. The van der Waals surface area contributed by atoms with Crippen LogP contribution in [-0.2, 0) is 24.3 Å². The molecule has 154 valence electrons. The van der Waals surface area contributed by atoms with Crippen molar-refractivity contribution in [2.45, 2.75) is 43.8 Å². The van der Waals surface area contributed by atoms with Crippen LogP contribution in [0.4, 0.5) is 0 Å². The number of carbonyl (C=O) groups excluding carboxylic acids is 2. The molecule has 2 saturated heterocycles. The van der Waals surface area contributed by atoms with Crippen molar-refractivity contribution in [2.75, 3.05) is 32.8 Å². The standard InChI is InChI=1S/C19H26N2O6S/c1-14-11-20(12-15(2)27-14)18(22)13-26-19(23)16-5-7-17(8-6-16)28(24,25)21-9-3-4-10-21/h5-8,14-15H,3-4,9-13H2,1-2H3/t14-,15+. The topological polar surface area (TPSA) is 93.2 Å². The van der Waals surface area contributed by atoms with Crippen molar-refractivity contribution in [3.8, 4) is 0 Å². The van der Waals surface area contributed by atoms with E-state index in [-0.39, 0.29) is 35.2 Å². The van der Waals surface area contributed by atoms with Gasteiger partial charge in [-0.3, -0.25) is 4.79 Å². The number of hydrogen-bond donors (Lipinski definition) is 0. The molecule has 0 saturated carbocycles. The largest absolute Gasteiger partial charge is 0.452 e. The van der Waals surface area contributed by atoms with E-state index < -0.39 is 16.0 Å². The Labute approximate surface area is 165 Å². The van der Waals surface area contributed by atoms with Crippen LogP contribution in [0.5, 0.6) is 0 Å². The highest BCUT2D eigenvalue weighted by molar-refractivity contribution is 7.89. The van der Waals surface area contributed by atoms with E-state index in [1.807, 2.05) is 13.8 Å². The Morgan fingerprint density at radius 2 is 1.64 bits per heavy atom. The maximum Gasteiger partial charge on any atom is 0.338 e. The van der Waals surface area contributed by atoms with Gasteiger partial charge in [-0.1, -0.05) is 0 Å². The zero-order valence-electron chi connectivity index (χ0n) is 16.2. The molecule has 1 aromatic rings. The number of morpholine rings is 1. The van der Waals surface area contributed by atoms with Gasteiger partial charge in [-0.2, -0.15) is 4.31 Å². The van der Waals surface area contributed by atoms with Crippen LogP contribution in [0.2, 0.25) is 0 Å². The molecule has 0 aromatic heterocycles. The molecule has 0 bridgehead atoms. The minimum Gasteiger partial charge on any atom is -0.452 e. The minimum absolute atomic E-state index is 0.0616. The van der Waals surface area contributed by atoms with Crippen LogP contribution < -0.4 is 0 Å². The van der Waals surface area contributed by atoms with Gasteiger partial charge in [0, 0.05) is 26.2 Å².